The summed E-state index contributed by atoms with van der Waals surface area (Å²) in [6.07, 6.45) is 8.86. The van der Waals surface area contributed by atoms with E-state index in [1.165, 1.54) is 18.9 Å². The summed E-state index contributed by atoms with van der Waals surface area (Å²) in [5.41, 5.74) is 2.94. The predicted molar refractivity (Wildman–Crippen MR) is 133 cm³/mol. The van der Waals surface area contributed by atoms with E-state index in [0.29, 0.717) is 17.1 Å². The molecule has 0 radical (unpaired) electrons. The van der Waals surface area contributed by atoms with Gasteiger partial charge >= 0.3 is 5.97 Å². The van der Waals surface area contributed by atoms with Crippen LogP contribution in [0.1, 0.15) is 89.8 Å². The quantitative estimate of drug-likeness (QED) is 0.313. The highest BCUT2D eigenvalue weighted by Gasteiger charge is 2.49. The van der Waals surface area contributed by atoms with Gasteiger partial charge in [-0.3, -0.25) is 4.79 Å². The minimum Gasteiger partial charge on any atom is -0.451 e. The van der Waals surface area contributed by atoms with E-state index >= 15 is 0 Å². The molecule has 33 heavy (non-hydrogen) atoms. The lowest BCUT2D eigenvalue weighted by Gasteiger charge is -2.37. The molecule has 1 aromatic rings. The summed E-state index contributed by atoms with van der Waals surface area (Å²) in [7, 11) is 2.76. The maximum absolute atomic E-state index is 13.1. The Kier molecular flexibility index (Phi) is 9.79. The standard InChI is InChI=1S/C14H21O3P.C13H18F2/c1-9-12(10(2)15)14(17-13(9)16)6-3-11(4-7-14)5-8-18;1-4-6-11-7-8-12(13(3,14)15)9-10(11)5-2/h11H,3-8,18H2,1-2H3;7-9H,4-6H2,1-3H3. The molecule has 0 amide bonds. The summed E-state index contributed by atoms with van der Waals surface area (Å²) in [4.78, 5) is 23.5. The van der Waals surface area contributed by atoms with Gasteiger partial charge in [0.25, 0.3) is 5.92 Å². The van der Waals surface area contributed by atoms with E-state index in [1.807, 2.05) is 13.0 Å². The number of carbonyl (C=O) groups excluding carboxylic acids is 2. The largest absolute Gasteiger partial charge is 0.451 e. The SMILES string of the molecule is CC(=O)C1=C(C)C(=O)OC12CCC(CCP)CC2.CCCc1ccc(C(C)(F)F)cc1CC. The molecule has 1 saturated carbocycles. The van der Waals surface area contributed by atoms with Crippen molar-refractivity contribution < 1.29 is 23.1 Å². The highest BCUT2D eigenvalue weighted by atomic mass is 31.0. The number of aryl methyl sites for hydroxylation is 2. The van der Waals surface area contributed by atoms with E-state index in [0.717, 1.165) is 63.6 Å². The molecule has 6 heteroatoms. The number of rotatable bonds is 7. The maximum Gasteiger partial charge on any atom is 0.335 e. The van der Waals surface area contributed by atoms with Crippen LogP contribution in [0, 0.1) is 5.92 Å². The molecule has 1 aliphatic heterocycles. The summed E-state index contributed by atoms with van der Waals surface area (Å²) in [6, 6.07) is 5.03. The first-order valence-corrected chi connectivity index (χ1v) is 13.0. The first-order chi connectivity index (χ1) is 15.5. The van der Waals surface area contributed by atoms with Gasteiger partial charge in [-0.05, 0) is 88.1 Å². The van der Waals surface area contributed by atoms with Crippen molar-refractivity contribution in [3.63, 3.8) is 0 Å². The third kappa shape index (κ3) is 6.72. The van der Waals surface area contributed by atoms with Crippen molar-refractivity contribution in [1.82, 2.24) is 0 Å². The Morgan fingerprint density at radius 3 is 2.33 bits per heavy atom. The van der Waals surface area contributed by atoms with Gasteiger partial charge in [-0.15, -0.1) is 9.24 Å². The number of ether oxygens (including phenoxy) is 1. The van der Waals surface area contributed by atoms with E-state index < -0.39 is 11.5 Å². The second kappa shape index (κ2) is 11.7. The first-order valence-electron chi connectivity index (χ1n) is 12.1. The number of esters is 1. The molecule has 0 saturated heterocycles. The Labute approximate surface area is 199 Å². The van der Waals surface area contributed by atoms with Crippen LogP contribution in [0.4, 0.5) is 8.78 Å². The summed E-state index contributed by atoms with van der Waals surface area (Å²) < 4.78 is 31.7. The minimum atomic E-state index is -2.73. The van der Waals surface area contributed by atoms with Crippen molar-refractivity contribution in [3.05, 3.63) is 46.0 Å². The molecule has 1 unspecified atom stereocenters. The molecule has 2 aliphatic rings. The number of alkyl halides is 2. The van der Waals surface area contributed by atoms with Crippen LogP contribution in [0.3, 0.4) is 0 Å². The monoisotopic (exact) mass is 480 g/mol. The van der Waals surface area contributed by atoms with Crippen molar-refractivity contribution in [2.45, 2.75) is 97.5 Å². The third-order valence-electron chi connectivity index (χ3n) is 6.88. The van der Waals surface area contributed by atoms with Crippen molar-refractivity contribution in [1.29, 1.82) is 0 Å². The van der Waals surface area contributed by atoms with Crippen LogP contribution >= 0.6 is 9.24 Å². The van der Waals surface area contributed by atoms with Gasteiger partial charge in [0.1, 0.15) is 5.60 Å². The number of Topliss-reactive ketones (excluding diaryl/α,β-unsaturated/α-hetero) is 1. The summed E-state index contributed by atoms with van der Waals surface area (Å²) in [5.74, 6) is -2.33. The van der Waals surface area contributed by atoms with Crippen molar-refractivity contribution in [2.75, 3.05) is 6.16 Å². The van der Waals surface area contributed by atoms with Crippen molar-refractivity contribution in [3.8, 4) is 0 Å². The van der Waals surface area contributed by atoms with Crippen LogP contribution in [0.2, 0.25) is 0 Å². The van der Waals surface area contributed by atoms with Gasteiger partial charge < -0.3 is 4.74 Å². The topological polar surface area (TPSA) is 43.4 Å². The van der Waals surface area contributed by atoms with E-state index in [2.05, 4.69) is 16.2 Å². The summed E-state index contributed by atoms with van der Waals surface area (Å²) in [6.45, 7) is 8.30. The number of hydrogen-bond donors (Lipinski definition) is 0. The molecule has 1 fully saturated rings. The molecule has 184 valence electrons. The van der Waals surface area contributed by atoms with Gasteiger partial charge in [-0.2, -0.15) is 0 Å². The lowest BCUT2D eigenvalue weighted by Crippen LogP contribution is -2.38. The lowest BCUT2D eigenvalue weighted by atomic mass is 9.73. The summed E-state index contributed by atoms with van der Waals surface area (Å²) in [5, 5.41) is 0. The van der Waals surface area contributed by atoms with Gasteiger partial charge in [-0.25, -0.2) is 13.6 Å². The van der Waals surface area contributed by atoms with Crippen LogP contribution in [0.5, 0.6) is 0 Å². The third-order valence-corrected chi connectivity index (χ3v) is 7.21. The fraction of sp³-hybridized carbons (Fsp3) is 0.630. The average molecular weight is 481 g/mol. The predicted octanol–water partition coefficient (Wildman–Crippen LogP) is 6.96. The Bertz CT molecular complexity index is 878. The molecule has 1 spiro atoms. The molecule has 0 N–H and O–H groups in total. The molecule has 1 aromatic carbocycles. The first kappa shape index (κ1) is 27.6. The van der Waals surface area contributed by atoms with Gasteiger partial charge in [-0.1, -0.05) is 32.4 Å². The van der Waals surface area contributed by atoms with Gasteiger partial charge in [0.15, 0.2) is 5.78 Å². The Hall–Kier alpha value is -1.61. The van der Waals surface area contributed by atoms with Crippen LogP contribution < -0.4 is 0 Å². The Morgan fingerprint density at radius 1 is 1.21 bits per heavy atom. The lowest BCUT2D eigenvalue weighted by molar-refractivity contribution is -0.150. The van der Waals surface area contributed by atoms with E-state index in [4.69, 9.17) is 4.74 Å². The molecule has 1 heterocycles. The Balaban J connectivity index is 0.000000238. The number of carbonyl (C=O) groups is 2. The molecule has 3 nitrogen and oxygen atoms in total. The second-order valence-corrected chi connectivity index (χ2v) is 10.0. The van der Waals surface area contributed by atoms with Crippen LogP contribution in [0.25, 0.3) is 0 Å². The zero-order valence-corrected chi connectivity index (χ0v) is 21.9. The highest BCUT2D eigenvalue weighted by molar-refractivity contribution is 7.16. The second-order valence-electron chi connectivity index (χ2n) is 9.44. The zero-order valence-electron chi connectivity index (χ0n) is 20.7. The van der Waals surface area contributed by atoms with Crippen molar-refractivity contribution >= 4 is 21.0 Å². The van der Waals surface area contributed by atoms with Crippen LogP contribution in [-0.4, -0.2) is 23.5 Å². The number of hydrogen-bond acceptors (Lipinski definition) is 3. The highest BCUT2D eigenvalue weighted by Crippen LogP contribution is 2.46. The minimum absolute atomic E-state index is 0.0113. The maximum atomic E-state index is 13.1. The van der Waals surface area contributed by atoms with Gasteiger partial charge in [0.2, 0.25) is 0 Å². The van der Waals surface area contributed by atoms with Crippen LogP contribution in [0.15, 0.2) is 29.3 Å². The zero-order chi connectivity index (χ0) is 24.8. The van der Waals surface area contributed by atoms with Gasteiger partial charge in [0, 0.05) is 23.6 Å². The Morgan fingerprint density at radius 2 is 1.85 bits per heavy atom. The molecular formula is C27H39F2O3P. The van der Waals surface area contributed by atoms with E-state index in [-0.39, 0.29) is 17.3 Å². The number of halogens is 2. The molecule has 3 rings (SSSR count). The molecule has 1 atom stereocenters. The smallest absolute Gasteiger partial charge is 0.335 e. The fourth-order valence-corrected chi connectivity index (χ4v) is 5.57. The fourth-order valence-electron chi connectivity index (χ4n) is 5.10. The van der Waals surface area contributed by atoms with Crippen LogP contribution in [-0.2, 0) is 33.1 Å². The number of ketones is 1. The molecular weight excluding hydrogens is 441 g/mol. The molecule has 0 bridgehead atoms. The molecule has 0 aromatic heterocycles. The molecule has 1 aliphatic carbocycles. The summed E-state index contributed by atoms with van der Waals surface area (Å²) >= 11 is 0. The number of benzene rings is 1. The van der Waals surface area contributed by atoms with E-state index in [1.54, 1.807) is 19.1 Å². The average Bonchev–Trinajstić information content (AvgIpc) is 2.99. The van der Waals surface area contributed by atoms with Gasteiger partial charge in [0.05, 0.1) is 0 Å². The normalized spacial score (nSPS) is 22.8. The van der Waals surface area contributed by atoms with Crippen molar-refractivity contribution in [2.24, 2.45) is 5.92 Å². The van der Waals surface area contributed by atoms with E-state index in [9.17, 15) is 18.4 Å².